The van der Waals surface area contributed by atoms with Crippen LogP contribution in [0.25, 0.3) is 11.1 Å². The van der Waals surface area contributed by atoms with Gasteiger partial charge < -0.3 is 109 Å². The average molecular weight is 1450 g/mol. The summed E-state index contributed by atoms with van der Waals surface area (Å²) in [6.45, 7) is 11.5. The molecule has 32 heteroatoms. The lowest BCUT2D eigenvalue weighted by atomic mass is 9.88. The van der Waals surface area contributed by atoms with Crippen molar-refractivity contribution in [1.82, 2.24) is 44.2 Å². The van der Waals surface area contributed by atoms with Crippen molar-refractivity contribution >= 4 is 87.3 Å². The molecule has 8 rings (SSSR count). The molecule has 7 aromatic rings. The first-order chi connectivity index (χ1) is 49.8. The summed E-state index contributed by atoms with van der Waals surface area (Å²) < 4.78 is 50.8. The van der Waals surface area contributed by atoms with Crippen LogP contribution in [0.1, 0.15) is 97.3 Å². The third-order valence-corrected chi connectivity index (χ3v) is 16.3. The molecule has 4 aromatic heterocycles. The number of nitrogens with one attached hydrogen (secondary N) is 8. The topological polar surface area (TPSA) is 364 Å². The van der Waals surface area contributed by atoms with Crippen LogP contribution in [0.3, 0.4) is 0 Å². The summed E-state index contributed by atoms with van der Waals surface area (Å²) in [5.41, 5.74) is 12.1. The molecule has 0 bridgehead atoms. The zero-order valence-corrected chi connectivity index (χ0v) is 59.9. The molecular weight excluding hydrogens is 1350 g/mol. The highest BCUT2D eigenvalue weighted by Gasteiger charge is 2.33. The highest BCUT2D eigenvalue weighted by Crippen LogP contribution is 2.41. The van der Waals surface area contributed by atoms with Gasteiger partial charge in [-0.1, -0.05) is 29.8 Å². The SMILES string of the molecule is CC(=O)N1c2ccc(-c3ccc(C(=O)NCCOCCOCCOCCOCCOCCOCCOCCOCCNC(=O)c4cc(NC(=O)c5nc(NC(=O)CCNC(=O)c6cc(NC(=O)c7nc(NCCCN)cn7C)cn6C)cn5C)cn4C)cc3)cc2[C@H](Nc2ccc(Cl)cc2)C[C@@H]1C. The van der Waals surface area contributed by atoms with Gasteiger partial charge >= 0.3 is 0 Å². The van der Waals surface area contributed by atoms with E-state index in [9.17, 15) is 33.6 Å². The van der Waals surface area contributed by atoms with Gasteiger partial charge in [-0.15, -0.1) is 0 Å². The van der Waals surface area contributed by atoms with Crippen molar-refractivity contribution < 1.29 is 71.5 Å². The number of anilines is 6. The molecule has 0 spiro atoms. The van der Waals surface area contributed by atoms with E-state index in [1.807, 2.05) is 53.4 Å². The fourth-order valence-corrected chi connectivity index (χ4v) is 11.2. The van der Waals surface area contributed by atoms with Crippen LogP contribution in [-0.2, 0) is 75.7 Å². The summed E-state index contributed by atoms with van der Waals surface area (Å²) in [4.78, 5) is 101. The first-order valence-corrected chi connectivity index (χ1v) is 34.5. The van der Waals surface area contributed by atoms with Gasteiger partial charge in [-0.2, -0.15) is 0 Å². The van der Waals surface area contributed by atoms with E-state index < -0.39 is 23.6 Å². The summed E-state index contributed by atoms with van der Waals surface area (Å²) >= 11 is 6.14. The van der Waals surface area contributed by atoms with Gasteiger partial charge in [-0.25, -0.2) is 9.97 Å². The van der Waals surface area contributed by atoms with Crippen molar-refractivity contribution in [3.63, 3.8) is 0 Å². The lowest BCUT2D eigenvalue weighted by molar-refractivity contribution is -0.117. The minimum atomic E-state index is -0.581. The third-order valence-electron chi connectivity index (χ3n) is 16.1. The van der Waals surface area contributed by atoms with Gasteiger partial charge in [0.05, 0.1) is 123 Å². The number of fused-ring (bicyclic) bond motifs is 1. The number of hydrogen-bond acceptors (Lipinski definition) is 20. The largest absolute Gasteiger partial charge is 0.378 e. The molecule has 0 saturated heterocycles. The Balaban J connectivity index is 0.563. The van der Waals surface area contributed by atoms with Gasteiger partial charge in [0.1, 0.15) is 17.2 Å². The minimum Gasteiger partial charge on any atom is -0.378 e. The maximum Gasteiger partial charge on any atom is 0.291 e. The average Bonchev–Trinajstić information content (AvgIpc) is 1.64. The van der Waals surface area contributed by atoms with Crippen LogP contribution in [0.2, 0.25) is 5.02 Å². The number of benzene rings is 3. The van der Waals surface area contributed by atoms with E-state index in [2.05, 4.69) is 65.5 Å². The van der Waals surface area contributed by atoms with Gasteiger partial charge in [0.2, 0.25) is 23.5 Å². The second-order valence-corrected chi connectivity index (χ2v) is 24.5. The maximum atomic E-state index is 13.3. The number of nitrogens with two attached hydrogens (primary N) is 1. The lowest BCUT2D eigenvalue weighted by Gasteiger charge is -2.39. The summed E-state index contributed by atoms with van der Waals surface area (Å²) in [5, 5.41) is 24.0. The number of nitrogens with zero attached hydrogens (tertiary/aromatic N) is 7. The molecular formula is C71H95ClN16O15. The maximum absolute atomic E-state index is 13.3. The first kappa shape index (κ1) is 79.2. The van der Waals surface area contributed by atoms with E-state index >= 15 is 0 Å². The number of carbonyl (C=O) groups is 7. The van der Waals surface area contributed by atoms with Gasteiger partial charge in [-0.3, -0.25) is 33.6 Å². The summed E-state index contributed by atoms with van der Waals surface area (Å²) in [6.07, 6.45) is 7.73. The van der Waals surface area contributed by atoms with Crippen LogP contribution in [0, 0.1) is 0 Å². The van der Waals surface area contributed by atoms with Crippen molar-refractivity contribution in [2.45, 2.75) is 45.2 Å². The van der Waals surface area contributed by atoms with Crippen LogP contribution < -0.4 is 53.2 Å². The monoisotopic (exact) mass is 1450 g/mol. The fraction of sp³-hybridized carbons (Fsp3) is 0.451. The molecule has 556 valence electrons. The smallest absolute Gasteiger partial charge is 0.291 e. The molecule has 0 fully saturated rings. The Labute approximate surface area is 603 Å². The van der Waals surface area contributed by atoms with Crippen LogP contribution in [0.15, 0.2) is 104 Å². The second-order valence-electron chi connectivity index (χ2n) is 24.0. The van der Waals surface area contributed by atoms with Gasteiger partial charge in [0.25, 0.3) is 29.5 Å². The number of halogens is 1. The minimum absolute atomic E-state index is 0.00293. The molecule has 5 heterocycles. The predicted octanol–water partition coefficient (Wildman–Crippen LogP) is 5.77. The van der Waals surface area contributed by atoms with Crippen molar-refractivity contribution in [2.24, 2.45) is 33.9 Å². The molecule has 10 N–H and O–H groups in total. The molecule has 0 unspecified atom stereocenters. The van der Waals surface area contributed by atoms with Crippen molar-refractivity contribution in [3.8, 4) is 11.1 Å². The molecule has 1 aliphatic rings. The van der Waals surface area contributed by atoms with Gasteiger partial charge in [0, 0.05) is 121 Å². The lowest BCUT2D eigenvalue weighted by Crippen LogP contribution is -2.43. The normalized spacial score (nSPS) is 13.3. The van der Waals surface area contributed by atoms with Crippen molar-refractivity contribution in [2.75, 3.05) is 170 Å². The van der Waals surface area contributed by atoms with E-state index in [0.29, 0.717) is 152 Å². The highest BCUT2D eigenvalue weighted by atomic mass is 35.5. The highest BCUT2D eigenvalue weighted by molar-refractivity contribution is 6.30. The quantitative estimate of drug-likeness (QED) is 0.0205. The van der Waals surface area contributed by atoms with Gasteiger partial charge in [0.15, 0.2) is 5.82 Å². The van der Waals surface area contributed by atoms with Crippen LogP contribution in [-0.4, -0.2) is 214 Å². The number of amides is 7. The van der Waals surface area contributed by atoms with E-state index in [1.54, 1.807) is 79.5 Å². The van der Waals surface area contributed by atoms with Crippen molar-refractivity contribution in [3.05, 3.63) is 143 Å². The molecule has 3 aromatic carbocycles. The molecule has 0 aliphatic carbocycles. The Hall–Kier alpha value is -9.54. The third kappa shape index (κ3) is 25.1. The number of ether oxygens (including phenoxy) is 8. The summed E-state index contributed by atoms with van der Waals surface area (Å²) in [7, 11) is 6.61. The standard InChI is InChI=1S/C71H95ClN16O15/c1-48-40-58(78-54-15-13-53(72)14-16-54)57-41-52(12-17-59(57)88(48)49(2)89)50-8-10-51(11-9-50)67(91)76-22-24-96-26-28-98-30-32-100-34-36-102-38-39-103-37-35-101-33-31-99-29-27-97-25-23-77-69(93)61-43-56(45-85(61)4)80-71(95)66-83-63(47-87(66)6)81-64(90)18-21-75-68(92)60-42-55(44-84(60)3)79-70(94)65-82-62(46-86(65)5)74-20-7-19-73/h8-17,41-48,58,74,78H,7,18-40,73H2,1-6H3,(H,75,92)(H,76,91)(H,77,93)(H,79,94)(H,80,95)(H,81,90)/t48-,58+/m0/s1. The number of aromatic nitrogens is 6. The molecule has 2 atom stereocenters. The summed E-state index contributed by atoms with van der Waals surface area (Å²) in [6, 6.07) is 24.2. The number of carbonyl (C=O) groups excluding carboxylic acids is 7. The Morgan fingerprint density at radius 1 is 0.495 bits per heavy atom. The van der Waals surface area contributed by atoms with E-state index in [0.717, 1.165) is 40.9 Å². The zero-order chi connectivity index (χ0) is 73.5. The molecule has 31 nitrogen and oxygen atoms in total. The van der Waals surface area contributed by atoms with Crippen molar-refractivity contribution in [1.29, 1.82) is 0 Å². The molecule has 7 amide bonds. The number of imidazole rings is 2. The second kappa shape index (κ2) is 41.5. The Kier molecular flexibility index (Phi) is 31.9. The number of rotatable bonds is 45. The Morgan fingerprint density at radius 2 is 0.951 bits per heavy atom. The van der Waals surface area contributed by atoms with E-state index in [-0.39, 0.29) is 79.1 Å². The first-order valence-electron chi connectivity index (χ1n) is 34.1. The predicted molar refractivity (Wildman–Crippen MR) is 389 cm³/mol. The molecule has 1 aliphatic heterocycles. The number of aryl methyl sites for hydroxylation is 4. The Bertz CT molecular complexity index is 3890. The van der Waals surface area contributed by atoms with Crippen LogP contribution >= 0.6 is 11.6 Å². The zero-order valence-electron chi connectivity index (χ0n) is 59.1. The van der Waals surface area contributed by atoms with E-state index in [4.69, 9.17) is 55.2 Å². The molecule has 0 saturated carbocycles. The van der Waals surface area contributed by atoms with E-state index in [1.165, 1.54) is 22.9 Å². The van der Waals surface area contributed by atoms with Crippen LogP contribution in [0.5, 0.6) is 0 Å². The molecule has 0 radical (unpaired) electrons. The summed E-state index contributed by atoms with van der Waals surface area (Å²) in [5.74, 6) is -1.71. The number of hydrogen-bond donors (Lipinski definition) is 9. The van der Waals surface area contributed by atoms with Crippen LogP contribution in [0.4, 0.5) is 34.4 Å². The molecule has 103 heavy (non-hydrogen) atoms. The fourth-order valence-electron chi connectivity index (χ4n) is 11.0. The van der Waals surface area contributed by atoms with Gasteiger partial charge in [-0.05, 0) is 104 Å². The Morgan fingerprint density at radius 3 is 1.45 bits per heavy atom.